The van der Waals surface area contributed by atoms with Gasteiger partial charge in [0.15, 0.2) is 5.96 Å². The molecule has 0 unspecified atom stereocenters. The monoisotopic (exact) mass is 349 g/mol. The normalized spacial score (nSPS) is 16.9. The first-order chi connectivity index (χ1) is 12.1. The Labute approximate surface area is 151 Å². The van der Waals surface area contributed by atoms with E-state index in [0.717, 1.165) is 37.7 Å². The molecule has 1 aliphatic carbocycles. The summed E-state index contributed by atoms with van der Waals surface area (Å²) in [5.41, 5.74) is 2.04. The van der Waals surface area contributed by atoms with Crippen LogP contribution in [-0.2, 0) is 11.3 Å². The molecule has 0 bridgehead atoms. The fourth-order valence-corrected chi connectivity index (χ4v) is 3.57. The van der Waals surface area contributed by atoms with E-state index in [-0.39, 0.29) is 5.82 Å². The van der Waals surface area contributed by atoms with Crippen LogP contribution in [0.15, 0.2) is 23.2 Å². The van der Waals surface area contributed by atoms with Crippen LogP contribution in [0.1, 0.15) is 50.2 Å². The summed E-state index contributed by atoms with van der Waals surface area (Å²) in [5.74, 6) is 0.633. The van der Waals surface area contributed by atoms with Crippen LogP contribution in [-0.4, -0.2) is 32.8 Å². The first kappa shape index (κ1) is 19.7. The first-order valence-corrected chi connectivity index (χ1v) is 9.36. The molecule has 0 saturated heterocycles. The van der Waals surface area contributed by atoms with Gasteiger partial charge in [-0.05, 0) is 55.7 Å². The van der Waals surface area contributed by atoms with E-state index in [1.807, 2.05) is 19.1 Å². The molecule has 0 amide bonds. The molecule has 2 N–H and O–H groups in total. The standard InChI is InChI=1S/C20H32FN3O/c1-4-25-12-11-20(9-5-6-10-20)15-24-19(22-3)23-14-17-7-8-18(21)16(2)13-17/h7-8,13H,4-6,9-12,14-15H2,1-3H3,(H2,22,23,24). The van der Waals surface area contributed by atoms with Gasteiger partial charge in [-0.1, -0.05) is 25.0 Å². The Morgan fingerprint density at radius 2 is 2.04 bits per heavy atom. The number of aryl methyl sites for hydroxylation is 1. The summed E-state index contributed by atoms with van der Waals surface area (Å²) in [6, 6.07) is 5.20. The minimum absolute atomic E-state index is 0.163. The van der Waals surface area contributed by atoms with Crippen molar-refractivity contribution in [2.24, 2.45) is 10.4 Å². The Morgan fingerprint density at radius 3 is 2.68 bits per heavy atom. The van der Waals surface area contributed by atoms with E-state index in [1.54, 1.807) is 14.0 Å². The van der Waals surface area contributed by atoms with Crippen LogP contribution in [0, 0.1) is 18.2 Å². The van der Waals surface area contributed by atoms with Crippen LogP contribution in [0.2, 0.25) is 0 Å². The minimum atomic E-state index is -0.163. The average molecular weight is 349 g/mol. The summed E-state index contributed by atoms with van der Waals surface area (Å²) in [7, 11) is 1.78. The Bertz CT molecular complexity index is 568. The van der Waals surface area contributed by atoms with E-state index in [4.69, 9.17) is 4.74 Å². The van der Waals surface area contributed by atoms with Crippen LogP contribution in [0.3, 0.4) is 0 Å². The number of ether oxygens (including phenoxy) is 1. The Balaban J connectivity index is 1.84. The van der Waals surface area contributed by atoms with Gasteiger partial charge in [-0.2, -0.15) is 0 Å². The number of rotatable bonds is 8. The molecule has 2 rings (SSSR count). The molecule has 1 aliphatic rings. The van der Waals surface area contributed by atoms with Crippen molar-refractivity contribution in [1.29, 1.82) is 0 Å². The smallest absolute Gasteiger partial charge is 0.191 e. The van der Waals surface area contributed by atoms with Crippen LogP contribution >= 0.6 is 0 Å². The lowest BCUT2D eigenvalue weighted by atomic mass is 9.83. The maximum atomic E-state index is 13.4. The number of hydrogen-bond acceptors (Lipinski definition) is 2. The van der Waals surface area contributed by atoms with Gasteiger partial charge in [0.05, 0.1) is 0 Å². The van der Waals surface area contributed by atoms with Gasteiger partial charge in [0.25, 0.3) is 0 Å². The second-order valence-corrected chi connectivity index (χ2v) is 7.02. The van der Waals surface area contributed by atoms with Crippen molar-refractivity contribution in [2.45, 2.75) is 52.5 Å². The molecule has 0 atom stereocenters. The molecule has 1 aromatic rings. The van der Waals surface area contributed by atoms with Crippen molar-refractivity contribution < 1.29 is 9.13 Å². The average Bonchev–Trinajstić information content (AvgIpc) is 3.07. The summed E-state index contributed by atoms with van der Waals surface area (Å²) in [4.78, 5) is 4.32. The molecule has 0 spiro atoms. The summed E-state index contributed by atoms with van der Waals surface area (Å²) in [6.45, 7) is 6.99. The van der Waals surface area contributed by atoms with Gasteiger partial charge in [0, 0.05) is 33.4 Å². The molecular weight excluding hydrogens is 317 g/mol. The van der Waals surface area contributed by atoms with Crippen molar-refractivity contribution in [3.05, 3.63) is 35.1 Å². The molecule has 1 aromatic carbocycles. The predicted molar refractivity (Wildman–Crippen MR) is 101 cm³/mol. The Hall–Kier alpha value is -1.62. The zero-order chi connectivity index (χ0) is 18.1. The zero-order valence-electron chi connectivity index (χ0n) is 15.8. The van der Waals surface area contributed by atoms with E-state index in [9.17, 15) is 4.39 Å². The number of benzene rings is 1. The lowest BCUT2D eigenvalue weighted by Crippen LogP contribution is -2.43. The number of aliphatic imine (C=N–C) groups is 1. The summed E-state index contributed by atoms with van der Waals surface area (Å²) >= 11 is 0. The van der Waals surface area contributed by atoms with Crippen LogP contribution in [0.5, 0.6) is 0 Å². The highest BCUT2D eigenvalue weighted by molar-refractivity contribution is 5.79. The molecule has 1 fully saturated rings. The molecular formula is C20H32FN3O. The van der Waals surface area contributed by atoms with Crippen molar-refractivity contribution in [3.8, 4) is 0 Å². The quantitative estimate of drug-likeness (QED) is 0.426. The van der Waals surface area contributed by atoms with E-state index in [2.05, 4.69) is 15.6 Å². The fourth-order valence-electron chi connectivity index (χ4n) is 3.57. The molecule has 0 aliphatic heterocycles. The molecule has 1 saturated carbocycles. The van der Waals surface area contributed by atoms with Gasteiger partial charge in [-0.15, -0.1) is 0 Å². The molecule has 25 heavy (non-hydrogen) atoms. The third-order valence-corrected chi connectivity index (χ3v) is 5.18. The highest BCUT2D eigenvalue weighted by Gasteiger charge is 2.33. The number of nitrogens with one attached hydrogen (secondary N) is 2. The largest absolute Gasteiger partial charge is 0.382 e. The number of guanidine groups is 1. The van der Waals surface area contributed by atoms with Crippen molar-refractivity contribution >= 4 is 5.96 Å². The molecule has 0 radical (unpaired) electrons. The lowest BCUT2D eigenvalue weighted by molar-refractivity contribution is 0.105. The van der Waals surface area contributed by atoms with E-state index in [0.29, 0.717) is 17.5 Å². The number of nitrogens with zero attached hydrogens (tertiary/aromatic N) is 1. The molecule has 140 valence electrons. The van der Waals surface area contributed by atoms with E-state index in [1.165, 1.54) is 31.7 Å². The maximum Gasteiger partial charge on any atom is 0.191 e. The zero-order valence-corrected chi connectivity index (χ0v) is 15.8. The number of halogens is 1. The first-order valence-electron chi connectivity index (χ1n) is 9.36. The SMILES string of the molecule is CCOCCC1(CNC(=NC)NCc2ccc(F)c(C)c2)CCCC1. The maximum absolute atomic E-state index is 13.4. The van der Waals surface area contributed by atoms with E-state index >= 15 is 0 Å². The summed E-state index contributed by atoms with van der Waals surface area (Å²) in [5, 5.41) is 6.81. The summed E-state index contributed by atoms with van der Waals surface area (Å²) < 4.78 is 18.9. The van der Waals surface area contributed by atoms with Gasteiger partial charge in [-0.25, -0.2) is 4.39 Å². The predicted octanol–water partition coefficient (Wildman–Crippen LogP) is 3.79. The Morgan fingerprint density at radius 1 is 1.28 bits per heavy atom. The topological polar surface area (TPSA) is 45.6 Å². The molecule has 0 heterocycles. The molecule has 5 heteroatoms. The van der Waals surface area contributed by atoms with Crippen LogP contribution in [0.4, 0.5) is 4.39 Å². The molecule has 0 aromatic heterocycles. The third-order valence-electron chi connectivity index (χ3n) is 5.18. The lowest BCUT2D eigenvalue weighted by Gasteiger charge is -2.30. The Kier molecular flexibility index (Phi) is 7.69. The minimum Gasteiger partial charge on any atom is -0.382 e. The van der Waals surface area contributed by atoms with E-state index < -0.39 is 0 Å². The second-order valence-electron chi connectivity index (χ2n) is 7.02. The highest BCUT2D eigenvalue weighted by atomic mass is 19.1. The van der Waals surface area contributed by atoms with Crippen molar-refractivity contribution in [2.75, 3.05) is 26.8 Å². The fraction of sp³-hybridized carbons (Fsp3) is 0.650. The summed E-state index contributed by atoms with van der Waals surface area (Å²) in [6.07, 6.45) is 6.20. The van der Waals surface area contributed by atoms with Crippen molar-refractivity contribution in [3.63, 3.8) is 0 Å². The highest BCUT2D eigenvalue weighted by Crippen LogP contribution is 2.40. The van der Waals surface area contributed by atoms with Crippen molar-refractivity contribution in [1.82, 2.24) is 10.6 Å². The van der Waals surface area contributed by atoms with Gasteiger partial charge in [0.1, 0.15) is 5.82 Å². The van der Waals surface area contributed by atoms with Crippen LogP contribution in [0.25, 0.3) is 0 Å². The van der Waals surface area contributed by atoms with Crippen LogP contribution < -0.4 is 10.6 Å². The van der Waals surface area contributed by atoms with Gasteiger partial charge >= 0.3 is 0 Å². The third kappa shape index (κ3) is 5.99. The molecule has 4 nitrogen and oxygen atoms in total. The number of hydrogen-bond donors (Lipinski definition) is 2. The van der Waals surface area contributed by atoms with Gasteiger partial charge in [-0.3, -0.25) is 4.99 Å². The second kappa shape index (κ2) is 9.76. The van der Waals surface area contributed by atoms with Gasteiger partial charge in [0.2, 0.25) is 0 Å². The van der Waals surface area contributed by atoms with Gasteiger partial charge < -0.3 is 15.4 Å².